The average molecular weight is 538 g/mol. The molecule has 40 heavy (non-hydrogen) atoms. The molecule has 1 aromatic heterocycles. The molecule has 0 saturated carbocycles. The van der Waals surface area contributed by atoms with Crippen molar-refractivity contribution in [2.24, 2.45) is 0 Å². The van der Waals surface area contributed by atoms with Crippen molar-refractivity contribution < 1.29 is 44.0 Å². The van der Waals surface area contributed by atoms with Crippen molar-refractivity contribution in [2.45, 2.75) is 19.3 Å². The minimum absolute atomic E-state index is 0.000219. The maximum Gasteiger partial charge on any atom is 0.347 e. The molecule has 3 aliphatic rings. The van der Waals surface area contributed by atoms with Gasteiger partial charge in [-0.25, -0.2) is 4.79 Å². The molecule has 1 heterocycles. The molecule has 1 atom stereocenters. The van der Waals surface area contributed by atoms with Crippen LogP contribution in [0.5, 0.6) is 28.7 Å². The summed E-state index contributed by atoms with van der Waals surface area (Å²) in [6.45, 7) is 2.99. The Kier molecular flexibility index (Phi) is 4.25. The smallest absolute Gasteiger partial charge is 0.347 e. The molecule has 10 nitrogen and oxygen atoms in total. The van der Waals surface area contributed by atoms with Crippen LogP contribution < -0.4 is 10.4 Å². The summed E-state index contributed by atoms with van der Waals surface area (Å²) < 4.78 is 11.0. The standard InChI is InChI=1S/C30H18O10/c1-9-4-13(32)18-22-20-21-19(25(18)35)16(39-3)8-15(34)24(21)30(28(37)23(20)29(38)40-26(9)22)10(2)5-11-6-12(31)7-14(33)17(11)27(30)36/h4-8,31-34H,1-3H3/t30-/m0/s1. The van der Waals surface area contributed by atoms with Crippen LogP contribution in [0.2, 0.25) is 0 Å². The van der Waals surface area contributed by atoms with Crippen molar-refractivity contribution in [1.29, 1.82) is 0 Å². The fourth-order valence-electron chi connectivity index (χ4n) is 6.59. The predicted molar refractivity (Wildman–Crippen MR) is 140 cm³/mol. The summed E-state index contributed by atoms with van der Waals surface area (Å²) in [5.41, 5.74) is -4.62. The van der Waals surface area contributed by atoms with Gasteiger partial charge in [0.05, 0.1) is 23.8 Å². The van der Waals surface area contributed by atoms with Crippen LogP contribution >= 0.6 is 0 Å². The van der Waals surface area contributed by atoms with Gasteiger partial charge in [-0.05, 0) is 42.7 Å². The van der Waals surface area contributed by atoms with Gasteiger partial charge in [0.15, 0.2) is 11.6 Å². The quantitative estimate of drug-likeness (QED) is 0.181. The maximum atomic E-state index is 14.6. The number of aromatic hydroxyl groups is 4. The summed E-state index contributed by atoms with van der Waals surface area (Å²) in [5.74, 6) is -4.76. The third-order valence-corrected chi connectivity index (χ3v) is 8.14. The molecule has 0 unspecified atom stereocenters. The largest absolute Gasteiger partial charge is 0.508 e. The van der Waals surface area contributed by atoms with Gasteiger partial charge in [-0.15, -0.1) is 0 Å². The van der Waals surface area contributed by atoms with Gasteiger partial charge in [0.1, 0.15) is 45.3 Å². The number of benzene rings is 3. The summed E-state index contributed by atoms with van der Waals surface area (Å²) >= 11 is 0. The van der Waals surface area contributed by atoms with Gasteiger partial charge in [0, 0.05) is 34.2 Å². The topological polar surface area (TPSA) is 172 Å². The molecule has 198 valence electrons. The van der Waals surface area contributed by atoms with Crippen molar-refractivity contribution in [3.63, 3.8) is 0 Å². The summed E-state index contributed by atoms with van der Waals surface area (Å²) in [5, 5.41) is 43.0. The Morgan fingerprint density at radius 2 is 1.43 bits per heavy atom. The number of hydrogen-bond acceptors (Lipinski definition) is 10. The molecule has 0 bridgehead atoms. The fourth-order valence-corrected chi connectivity index (χ4v) is 6.59. The van der Waals surface area contributed by atoms with Crippen molar-refractivity contribution >= 4 is 34.4 Å². The second-order valence-corrected chi connectivity index (χ2v) is 10.1. The number of fused-ring (bicyclic) bond motifs is 2. The molecule has 0 aliphatic heterocycles. The SMILES string of the molecule is COc1cc(O)c2c3c1C(=O)c1c(O)cc(C)c4oc(=O)c(c-3c14)C(=O)[C@]21C(=O)c2c(O)cc(O)cc2C=C1C. The molecule has 0 amide bonds. The number of methoxy groups -OCH3 is 1. The van der Waals surface area contributed by atoms with Crippen molar-refractivity contribution in [2.75, 3.05) is 7.11 Å². The van der Waals surface area contributed by atoms with Crippen LogP contribution in [0.25, 0.3) is 28.2 Å². The molecule has 4 N–H and O–H groups in total. The van der Waals surface area contributed by atoms with Crippen LogP contribution in [0.3, 0.4) is 0 Å². The van der Waals surface area contributed by atoms with E-state index in [-0.39, 0.29) is 67.0 Å². The number of carbonyl (C=O) groups is 3. The number of Topliss-reactive ketones (excluding diaryl/α,β-unsaturated/α-hetero) is 2. The van der Waals surface area contributed by atoms with Gasteiger partial charge in [0.2, 0.25) is 5.78 Å². The highest BCUT2D eigenvalue weighted by Gasteiger charge is 2.60. The molecule has 3 aromatic carbocycles. The molecule has 3 aliphatic carbocycles. The lowest BCUT2D eigenvalue weighted by atomic mass is 9.56. The van der Waals surface area contributed by atoms with Crippen LogP contribution in [0, 0.1) is 6.92 Å². The number of aryl methyl sites for hydroxylation is 1. The monoisotopic (exact) mass is 538 g/mol. The van der Waals surface area contributed by atoms with E-state index in [2.05, 4.69) is 0 Å². The number of phenols is 4. The lowest BCUT2D eigenvalue weighted by Crippen LogP contribution is -2.51. The number of phenolic OH excluding ortho intramolecular Hbond substituents is 4. The lowest BCUT2D eigenvalue weighted by molar-refractivity contribution is 0.0782. The molecule has 0 fully saturated rings. The Morgan fingerprint density at radius 1 is 0.750 bits per heavy atom. The van der Waals surface area contributed by atoms with E-state index in [0.29, 0.717) is 5.56 Å². The first kappa shape index (κ1) is 23.7. The maximum absolute atomic E-state index is 14.6. The summed E-state index contributed by atoms with van der Waals surface area (Å²) in [4.78, 5) is 56.5. The number of rotatable bonds is 1. The van der Waals surface area contributed by atoms with Crippen molar-refractivity contribution in [3.8, 4) is 39.9 Å². The molecule has 0 saturated heterocycles. The highest BCUT2D eigenvalue weighted by Crippen LogP contribution is 2.60. The molecule has 0 radical (unpaired) electrons. The second-order valence-electron chi connectivity index (χ2n) is 10.1. The zero-order valence-corrected chi connectivity index (χ0v) is 21.1. The van der Waals surface area contributed by atoms with Gasteiger partial charge >= 0.3 is 5.63 Å². The van der Waals surface area contributed by atoms with Crippen LogP contribution in [0.4, 0.5) is 0 Å². The van der Waals surface area contributed by atoms with Crippen LogP contribution in [-0.4, -0.2) is 44.9 Å². The molecular weight excluding hydrogens is 520 g/mol. The first-order chi connectivity index (χ1) is 18.9. The first-order valence-corrected chi connectivity index (χ1v) is 12.1. The zero-order valence-electron chi connectivity index (χ0n) is 21.1. The molecule has 1 spiro atoms. The average Bonchev–Trinajstić information content (AvgIpc) is 2.87. The van der Waals surface area contributed by atoms with Gasteiger partial charge < -0.3 is 29.6 Å². The third-order valence-electron chi connectivity index (χ3n) is 8.14. The van der Waals surface area contributed by atoms with Crippen molar-refractivity contribution in [1.82, 2.24) is 0 Å². The molecule has 7 rings (SSSR count). The Labute approximate surface area is 224 Å². The highest BCUT2D eigenvalue weighted by molar-refractivity contribution is 6.38. The Hall–Kier alpha value is -5.38. The summed E-state index contributed by atoms with van der Waals surface area (Å²) in [7, 11) is 1.26. The summed E-state index contributed by atoms with van der Waals surface area (Å²) in [6.07, 6.45) is 1.39. The molecular formula is C30H18O10. The predicted octanol–water partition coefficient (Wildman–Crippen LogP) is 3.88. The molecule has 4 aromatic rings. The Morgan fingerprint density at radius 3 is 2.12 bits per heavy atom. The van der Waals surface area contributed by atoms with E-state index in [9.17, 15) is 39.6 Å². The molecule has 10 heteroatoms. The minimum Gasteiger partial charge on any atom is -0.508 e. The second kappa shape index (κ2) is 7.17. The van der Waals surface area contributed by atoms with Gasteiger partial charge in [0.25, 0.3) is 0 Å². The van der Waals surface area contributed by atoms with Crippen LogP contribution in [0.1, 0.15) is 60.3 Å². The zero-order chi connectivity index (χ0) is 28.6. The lowest BCUT2D eigenvalue weighted by Gasteiger charge is -2.42. The number of allylic oxidation sites excluding steroid dienone is 1. The van der Waals surface area contributed by atoms with Crippen molar-refractivity contribution in [3.05, 3.63) is 79.2 Å². The third kappa shape index (κ3) is 2.40. The Balaban J connectivity index is 1.76. The fraction of sp³-hybridized carbons (Fsp3) is 0.133. The highest BCUT2D eigenvalue weighted by atomic mass is 16.5. The van der Waals surface area contributed by atoms with E-state index >= 15 is 0 Å². The van der Waals surface area contributed by atoms with E-state index in [0.717, 1.165) is 12.1 Å². The summed E-state index contributed by atoms with van der Waals surface area (Å²) in [6, 6.07) is 4.53. The number of carbonyl (C=O) groups excluding carboxylic acids is 3. The van der Waals surface area contributed by atoms with E-state index in [4.69, 9.17) is 9.15 Å². The normalized spacial score (nSPS) is 18.3. The van der Waals surface area contributed by atoms with Crippen LogP contribution in [-0.2, 0) is 5.41 Å². The van der Waals surface area contributed by atoms with E-state index in [1.807, 2.05) is 0 Å². The van der Waals surface area contributed by atoms with Crippen LogP contribution in [0.15, 0.2) is 39.1 Å². The van der Waals surface area contributed by atoms with E-state index < -0.39 is 51.2 Å². The minimum atomic E-state index is -2.37. The van der Waals surface area contributed by atoms with Gasteiger partial charge in [-0.2, -0.15) is 0 Å². The van der Waals surface area contributed by atoms with Gasteiger partial charge in [-0.1, -0.05) is 6.08 Å². The van der Waals surface area contributed by atoms with Gasteiger partial charge in [-0.3, -0.25) is 14.4 Å². The van der Waals surface area contributed by atoms with E-state index in [1.165, 1.54) is 32.2 Å². The number of hydrogen-bond donors (Lipinski definition) is 4. The number of ketones is 3. The Bertz CT molecular complexity index is 2080. The van der Waals surface area contributed by atoms with E-state index in [1.54, 1.807) is 6.92 Å². The first-order valence-electron chi connectivity index (χ1n) is 12.1. The number of ether oxygens (including phenoxy) is 1.